The van der Waals surface area contributed by atoms with Crippen LogP contribution in [0, 0.1) is 0 Å². The summed E-state index contributed by atoms with van der Waals surface area (Å²) >= 11 is 1.88. The smallest absolute Gasteiger partial charge is 0.162 e. The molecule has 0 saturated carbocycles. The number of hydrogen-bond donors (Lipinski definition) is 0. The van der Waals surface area contributed by atoms with Gasteiger partial charge >= 0.3 is 0 Å². The normalized spacial score (nSPS) is 11.8. The van der Waals surface area contributed by atoms with Gasteiger partial charge in [0.2, 0.25) is 0 Å². The van der Waals surface area contributed by atoms with Crippen LogP contribution in [0.3, 0.4) is 0 Å². The molecule has 9 aromatic rings. The fourth-order valence-electron chi connectivity index (χ4n) is 6.31. The molecule has 0 amide bonds. The molecule has 0 spiro atoms. The molecule has 3 heterocycles. The van der Waals surface area contributed by atoms with Gasteiger partial charge in [-0.05, 0) is 29.0 Å². The number of hydrogen-bond acceptors (Lipinski definition) is 3. The first-order chi connectivity index (χ1) is 20.8. The Morgan fingerprint density at radius 2 is 1.17 bits per heavy atom. The molecule has 0 fully saturated rings. The van der Waals surface area contributed by atoms with E-state index in [1.165, 1.54) is 41.7 Å². The molecule has 0 aliphatic carbocycles. The van der Waals surface area contributed by atoms with Crippen LogP contribution in [-0.4, -0.2) is 14.5 Å². The van der Waals surface area contributed by atoms with E-state index in [4.69, 9.17) is 9.97 Å². The van der Waals surface area contributed by atoms with Crippen LogP contribution < -0.4 is 0 Å². The number of fused-ring (bicyclic) bond motifs is 9. The van der Waals surface area contributed by atoms with Crippen molar-refractivity contribution in [2.75, 3.05) is 0 Å². The third-order valence-corrected chi connectivity index (χ3v) is 9.41. The lowest BCUT2D eigenvalue weighted by atomic mass is 10.0. The molecule has 0 aliphatic rings. The molecule has 0 saturated heterocycles. The van der Waals surface area contributed by atoms with Crippen molar-refractivity contribution < 1.29 is 0 Å². The summed E-state index contributed by atoms with van der Waals surface area (Å²) in [6, 6.07) is 49.3. The van der Waals surface area contributed by atoms with Crippen molar-refractivity contribution in [2.24, 2.45) is 0 Å². The van der Waals surface area contributed by atoms with Crippen LogP contribution in [0.15, 0.2) is 140 Å². The van der Waals surface area contributed by atoms with Crippen molar-refractivity contribution in [1.82, 2.24) is 14.5 Å². The topological polar surface area (TPSA) is 30.7 Å². The van der Waals surface area contributed by atoms with Crippen molar-refractivity contribution in [3.63, 3.8) is 0 Å². The second-order valence-corrected chi connectivity index (χ2v) is 11.7. The monoisotopic (exact) mass is 553 g/mol. The molecule has 0 N–H and O–H groups in total. The first kappa shape index (κ1) is 23.4. The minimum absolute atomic E-state index is 0.714. The van der Waals surface area contributed by atoms with Crippen LogP contribution in [-0.2, 0) is 0 Å². The predicted molar refractivity (Wildman–Crippen MR) is 178 cm³/mol. The Kier molecular flexibility index (Phi) is 5.07. The number of thiophene rings is 1. The fourth-order valence-corrected chi connectivity index (χ4v) is 7.57. The molecule has 3 aromatic heterocycles. The van der Waals surface area contributed by atoms with Crippen molar-refractivity contribution in [1.29, 1.82) is 0 Å². The summed E-state index contributed by atoms with van der Waals surface area (Å²) in [5.41, 5.74) is 5.26. The summed E-state index contributed by atoms with van der Waals surface area (Å²) in [7, 11) is 0. The number of rotatable bonds is 3. The quantitative estimate of drug-likeness (QED) is 0.218. The average molecular weight is 554 g/mol. The Labute approximate surface area is 246 Å². The van der Waals surface area contributed by atoms with Gasteiger partial charge in [0.15, 0.2) is 5.82 Å². The fraction of sp³-hybridized carbons (Fsp3) is 0. The van der Waals surface area contributed by atoms with E-state index in [1.54, 1.807) is 0 Å². The molecule has 6 aromatic carbocycles. The van der Waals surface area contributed by atoms with Gasteiger partial charge in [-0.1, -0.05) is 115 Å². The van der Waals surface area contributed by atoms with Gasteiger partial charge < -0.3 is 0 Å². The first-order valence-electron chi connectivity index (χ1n) is 14.1. The lowest BCUT2D eigenvalue weighted by Crippen LogP contribution is -2.02. The van der Waals surface area contributed by atoms with Crippen molar-refractivity contribution in [3.8, 4) is 28.5 Å². The molecule has 0 aliphatic heterocycles. The molecule has 3 nitrogen and oxygen atoms in total. The van der Waals surface area contributed by atoms with Crippen LogP contribution in [0.2, 0.25) is 0 Å². The number of aromatic nitrogens is 3. The van der Waals surface area contributed by atoms with Crippen LogP contribution in [0.4, 0.5) is 0 Å². The lowest BCUT2D eigenvalue weighted by Gasteiger charge is -2.12. The molecule has 9 rings (SSSR count). The third-order valence-electron chi connectivity index (χ3n) is 8.21. The average Bonchev–Trinajstić information content (AvgIpc) is 3.61. The molecule has 4 heteroatoms. The van der Waals surface area contributed by atoms with Gasteiger partial charge in [0, 0.05) is 48.1 Å². The zero-order valence-corrected chi connectivity index (χ0v) is 23.3. The zero-order valence-electron chi connectivity index (χ0n) is 22.5. The van der Waals surface area contributed by atoms with Crippen LogP contribution in [0.5, 0.6) is 0 Å². The highest BCUT2D eigenvalue weighted by Gasteiger charge is 2.21. The number of benzene rings is 6. The first-order valence-corrected chi connectivity index (χ1v) is 14.9. The molecule has 0 unspecified atom stereocenters. The van der Waals surface area contributed by atoms with E-state index in [-0.39, 0.29) is 0 Å². The Morgan fingerprint density at radius 1 is 0.500 bits per heavy atom. The van der Waals surface area contributed by atoms with E-state index in [1.807, 2.05) is 35.6 Å². The van der Waals surface area contributed by atoms with Gasteiger partial charge in [0.25, 0.3) is 0 Å². The van der Waals surface area contributed by atoms with E-state index >= 15 is 0 Å². The molecule has 0 atom stereocenters. The number of nitrogens with zero attached hydrogens (tertiary/aromatic N) is 3. The Hall–Kier alpha value is -5.32. The molecular weight excluding hydrogens is 531 g/mol. The SMILES string of the molecule is c1ccc(-c2cc(-n3c4ccc5ccccc5c4c4c5sc6ccccc6c5ccc43)nc(-c3ccccc3)n2)cc1. The Morgan fingerprint density at radius 3 is 2.00 bits per heavy atom. The zero-order chi connectivity index (χ0) is 27.6. The Balaban J connectivity index is 1.46. The highest BCUT2D eigenvalue weighted by atomic mass is 32.1. The van der Waals surface area contributed by atoms with Gasteiger partial charge in [-0.3, -0.25) is 4.57 Å². The highest BCUT2D eigenvalue weighted by Crippen LogP contribution is 2.45. The van der Waals surface area contributed by atoms with E-state index in [2.05, 4.69) is 120 Å². The molecule has 196 valence electrons. The summed E-state index contributed by atoms with van der Waals surface area (Å²) in [6.07, 6.45) is 0. The Bertz CT molecular complexity index is 2400. The molecular formula is C38H23N3S. The van der Waals surface area contributed by atoms with Crippen LogP contribution >= 0.6 is 11.3 Å². The maximum atomic E-state index is 5.23. The van der Waals surface area contributed by atoms with E-state index < -0.39 is 0 Å². The summed E-state index contributed by atoms with van der Waals surface area (Å²) < 4.78 is 4.96. The molecule has 0 bridgehead atoms. The van der Waals surface area contributed by atoms with Crippen LogP contribution in [0.25, 0.3) is 81.2 Å². The van der Waals surface area contributed by atoms with Gasteiger partial charge in [-0.15, -0.1) is 11.3 Å². The van der Waals surface area contributed by atoms with E-state index in [9.17, 15) is 0 Å². The maximum Gasteiger partial charge on any atom is 0.162 e. The van der Waals surface area contributed by atoms with Gasteiger partial charge in [0.05, 0.1) is 16.7 Å². The standard InChI is InChI=1S/C38H23N3S/c1-3-12-25(13-4-1)30-23-34(40-38(39-30)26-14-5-2-6-15-26)41-31-21-19-24-11-7-8-16-27(24)35(31)36-32(41)22-20-29-28-17-9-10-18-33(28)42-37(29)36/h1-23H. The summed E-state index contributed by atoms with van der Waals surface area (Å²) in [5, 5.41) is 7.64. The third kappa shape index (κ3) is 3.46. The lowest BCUT2D eigenvalue weighted by molar-refractivity contribution is 1.05. The second-order valence-electron chi connectivity index (χ2n) is 10.6. The summed E-state index contributed by atoms with van der Waals surface area (Å²) in [6.45, 7) is 0. The van der Waals surface area contributed by atoms with Crippen molar-refractivity contribution in [3.05, 3.63) is 140 Å². The minimum atomic E-state index is 0.714. The van der Waals surface area contributed by atoms with Gasteiger partial charge in [-0.25, -0.2) is 9.97 Å². The summed E-state index contributed by atoms with van der Waals surface area (Å²) in [4.78, 5) is 10.3. The van der Waals surface area contributed by atoms with Crippen LogP contribution in [0.1, 0.15) is 0 Å². The minimum Gasteiger partial charge on any atom is -0.294 e. The largest absolute Gasteiger partial charge is 0.294 e. The molecule has 42 heavy (non-hydrogen) atoms. The van der Waals surface area contributed by atoms with Crippen molar-refractivity contribution >= 4 is 64.1 Å². The second kappa shape index (κ2) is 9.10. The van der Waals surface area contributed by atoms with E-state index in [0.29, 0.717) is 5.82 Å². The maximum absolute atomic E-state index is 5.23. The highest BCUT2D eigenvalue weighted by molar-refractivity contribution is 7.26. The van der Waals surface area contributed by atoms with Gasteiger partial charge in [0.1, 0.15) is 5.82 Å². The summed E-state index contributed by atoms with van der Waals surface area (Å²) in [5.74, 6) is 1.57. The van der Waals surface area contributed by atoms with E-state index in [0.717, 1.165) is 33.7 Å². The predicted octanol–water partition coefficient (Wildman–Crippen LogP) is 10.4. The molecule has 0 radical (unpaired) electrons. The van der Waals surface area contributed by atoms with Gasteiger partial charge in [-0.2, -0.15) is 0 Å². The van der Waals surface area contributed by atoms with Crippen molar-refractivity contribution in [2.45, 2.75) is 0 Å².